The molecule has 1 amide bonds. The quantitative estimate of drug-likeness (QED) is 0.750. The van der Waals surface area contributed by atoms with Gasteiger partial charge >= 0.3 is 0 Å². The second-order valence-corrected chi connectivity index (χ2v) is 5.64. The molecule has 0 spiro atoms. The van der Waals surface area contributed by atoms with Crippen molar-refractivity contribution in [3.05, 3.63) is 0 Å². The molecule has 0 radical (unpaired) electrons. The second kappa shape index (κ2) is 7.00. The van der Waals surface area contributed by atoms with Gasteiger partial charge in [-0.25, -0.2) is 0 Å². The van der Waals surface area contributed by atoms with Crippen molar-refractivity contribution in [2.75, 3.05) is 6.54 Å². The molecule has 17 heavy (non-hydrogen) atoms. The average molecular weight is 241 g/mol. The standard InChI is InChI=1S/C14H27NO2/c1-4-6-12(10(2)3)14(17)15-9-11-7-5-8-13(11)16/h10-13,16H,4-9H2,1-3H3,(H,15,17). The lowest BCUT2D eigenvalue weighted by Crippen LogP contribution is -2.38. The molecule has 100 valence electrons. The number of hydrogen-bond donors (Lipinski definition) is 2. The molecule has 1 aliphatic rings. The summed E-state index contributed by atoms with van der Waals surface area (Å²) in [7, 11) is 0. The number of amides is 1. The molecule has 1 fully saturated rings. The van der Waals surface area contributed by atoms with E-state index in [4.69, 9.17) is 0 Å². The molecule has 1 aliphatic carbocycles. The number of aliphatic hydroxyl groups is 1. The van der Waals surface area contributed by atoms with Gasteiger partial charge in [-0.05, 0) is 25.2 Å². The van der Waals surface area contributed by atoms with Crippen LogP contribution in [0.15, 0.2) is 0 Å². The fraction of sp³-hybridized carbons (Fsp3) is 0.929. The molecule has 0 heterocycles. The van der Waals surface area contributed by atoms with Crippen molar-refractivity contribution < 1.29 is 9.90 Å². The van der Waals surface area contributed by atoms with Crippen LogP contribution in [0.3, 0.4) is 0 Å². The molecule has 3 atom stereocenters. The van der Waals surface area contributed by atoms with Crippen LogP contribution in [0.1, 0.15) is 52.9 Å². The third kappa shape index (κ3) is 4.30. The van der Waals surface area contributed by atoms with E-state index in [0.29, 0.717) is 12.5 Å². The van der Waals surface area contributed by atoms with Crippen LogP contribution in [0.5, 0.6) is 0 Å². The Morgan fingerprint density at radius 1 is 1.41 bits per heavy atom. The Morgan fingerprint density at radius 3 is 2.59 bits per heavy atom. The minimum Gasteiger partial charge on any atom is -0.393 e. The van der Waals surface area contributed by atoms with Crippen molar-refractivity contribution in [3.8, 4) is 0 Å². The molecule has 0 bridgehead atoms. The Morgan fingerprint density at radius 2 is 2.12 bits per heavy atom. The minimum absolute atomic E-state index is 0.124. The van der Waals surface area contributed by atoms with E-state index in [0.717, 1.165) is 32.1 Å². The molecular formula is C14H27NO2. The molecular weight excluding hydrogens is 214 g/mol. The highest BCUT2D eigenvalue weighted by atomic mass is 16.3. The molecule has 0 aromatic carbocycles. The van der Waals surface area contributed by atoms with Crippen LogP contribution in [0.25, 0.3) is 0 Å². The number of nitrogens with one attached hydrogen (secondary N) is 1. The fourth-order valence-corrected chi connectivity index (χ4v) is 2.70. The smallest absolute Gasteiger partial charge is 0.223 e. The van der Waals surface area contributed by atoms with E-state index in [2.05, 4.69) is 26.1 Å². The van der Waals surface area contributed by atoms with Gasteiger partial charge in [-0.1, -0.05) is 33.6 Å². The molecule has 1 saturated carbocycles. The summed E-state index contributed by atoms with van der Waals surface area (Å²) in [6, 6.07) is 0. The highest BCUT2D eigenvalue weighted by molar-refractivity contribution is 5.78. The third-order valence-electron chi connectivity index (χ3n) is 3.90. The van der Waals surface area contributed by atoms with Gasteiger partial charge in [-0.2, -0.15) is 0 Å². The Hall–Kier alpha value is -0.570. The summed E-state index contributed by atoms with van der Waals surface area (Å²) in [6.07, 6.45) is 4.81. The van der Waals surface area contributed by atoms with Gasteiger partial charge in [0.1, 0.15) is 0 Å². The van der Waals surface area contributed by atoms with Gasteiger partial charge in [0.25, 0.3) is 0 Å². The maximum atomic E-state index is 12.0. The molecule has 1 rings (SSSR count). The molecule has 0 saturated heterocycles. The predicted molar refractivity (Wildman–Crippen MR) is 69.6 cm³/mol. The first-order valence-corrected chi connectivity index (χ1v) is 7.02. The van der Waals surface area contributed by atoms with Gasteiger partial charge in [0, 0.05) is 18.4 Å². The van der Waals surface area contributed by atoms with Gasteiger partial charge in [0.15, 0.2) is 0 Å². The monoisotopic (exact) mass is 241 g/mol. The average Bonchev–Trinajstić information content (AvgIpc) is 2.68. The lowest BCUT2D eigenvalue weighted by Gasteiger charge is -2.22. The molecule has 0 aromatic rings. The number of rotatable bonds is 6. The summed E-state index contributed by atoms with van der Waals surface area (Å²) in [5.41, 5.74) is 0. The van der Waals surface area contributed by atoms with Crippen LogP contribution in [-0.2, 0) is 4.79 Å². The van der Waals surface area contributed by atoms with E-state index in [1.807, 2.05) is 0 Å². The molecule has 0 aliphatic heterocycles. The topological polar surface area (TPSA) is 49.3 Å². The van der Waals surface area contributed by atoms with E-state index in [-0.39, 0.29) is 23.8 Å². The van der Waals surface area contributed by atoms with Crippen LogP contribution in [0, 0.1) is 17.8 Å². The lowest BCUT2D eigenvalue weighted by molar-refractivity contribution is -0.126. The molecule has 3 unspecified atom stereocenters. The lowest BCUT2D eigenvalue weighted by atomic mass is 9.90. The Kier molecular flexibility index (Phi) is 5.96. The molecule has 0 aromatic heterocycles. The first kappa shape index (κ1) is 14.5. The minimum atomic E-state index is -0.209. The maximum absolute atomic E-state index is 12.0. The van der Waals surface area contributed by atoms with E-state index in [1.165, 1.54) is 0 Å². The first-order valence-electron chi connectivity index (χ1n) is 7.02. The molecule has 3 nitrogen and oxygen atoms in total. The first-order chi connectivity index (χ1) is 8.06. The highest BCUT2D eigenvalue weighted by Crippen LogP contribution is 2.25. The zero-order valence-electron chi connectivity index (χ0n) is 11.4. The number of aliphatic hydroxyl groups excluding tert-OH is 1. The van der Waals surface area contributed by atoms with Crippen molar-refractivity contribution in [1.29, 1.82) is 0 Å². The van der Waals surface area contributed by atoms with Gasteiger partial charge < -0.3 is 10.4 Å². The van der Waals surface area contributed by atoms with E-state index in [9.17, 15) is 9.90 Å². The predicted octanol–water partition coefficient (Wildman–Crippen LogP) is 2.34. The number of carbonyl (C=O) groups is 1. The largest absolute Gasteiger partial charge is 0.393 e. The van der Waals surface area contributed by atoms with Crippen molar-refractivity contribution in [2.45, 2.75) is 59.0 Å². The highest BCUT2D eigenvalue weighted by Gasteiger charge is 2.27. The summed E-state index contributed by atoms with van der Waals surface area (Å²) in [5.74, 6) is 0.955. The molecule has 2 N–H and O–H groups in total. The van der Waals surface area contributed by atoms with Crippen LogP contribution in [0.4, 0.5) is 0 Å². The number of hydrogen-bond acceptors (Lipinski definition) is 2. The van der Waals surface area contributed by atoms with Crippen molar-refractivity contribution in [1.82, 2.24) is 5.32 Å². The summed E-state index contributed by atoms with van der Waals surface area (Å²) < 4.78 is 0. The Balaban J connectivity index is 2.36. The Bertz CT molecular complexity index is 240. The van der Waals surface area contributed by atoms with Gasteiger partial charge in [0.05, 0.1) is 6.10 Å². The fourth-order valence-electron chi connectivity index (χ4n) is 2.70. The van der Waals surface area contributed by atoms with Crippen LogP contribution < -0.4 is 5.32 Å². The summed E-state index contributed by atoms with van der Waals surface area (Å²) >= 11 is 0. The molecule has 3 heteroatoms. The van der Waals surface area contributed by atoms with Gasteiger partial charge in [-0.15, -0.1) is 0 Å². The van der Waals surface area contributed by atoms with Crippen LogP contribution in [0.2, 0.25) is 0 Å². The van der Waals surface area contributed by atoms with Crippen LogP contribution in [-0.4, -0.2) is 23.7 Å². The van der Waals surface area contributed by atoms with Crippen molar-refractivity contribution in [3.63, 3.8) is 0 Å². The summed E-state index contributed by atoms with van der Waals surface area (Å²) in [6.45, 7) is 6.96. The summed E-state index contributed by atoms with van der Waals surface area (Å²) in [5, 5.41) is 12.7. The zero-order valence-corrected chi connectivity index (χ0v) is 11.4. The zero-order chi connectivity index (χ0) is 12.8. The maximum Gasteiger partial charge on any atom is 0.223 e. The SMILES string of the molecule is CCCC(C(=O)NCC1CCCC1O)C(C)C. The van der Waals surface area contributed by atoms with Crippen molar-refractivity contribution in [2.24, 2.45) is 17.8 Å². The van der Waals surface area contributed by atoms with E-state index < -0.39 is 0 Å². The third-order valence-corrected chi connectivity index (χ3v) is 3.90. The normalized spacial score (nSPS) is 26.2. The van der Waals surface area contributed by atoms with Gasteiger partial charge in [0.2, 0.25) is 5.91 Å². The van der Waals surface area contributed by atoms with Crippen molar-refractivity contribution >= 4 is 5.91 Å². The van der Waals surface area contributed by atoms with E-state index >= 15 is 0 Å². The van der Waals surface area contributed by atoms with Gasteiger partial charge in [-0.3, -0.25) is 4.79 Å². The van der Waals surface area contributed by atoms with E-state index in [1.54, 1.807) is 0 Å². The van der Waals surface area contributed by atoms with Crippen LogP contribution >= 0.6 is 0 Å². The Labute approximate surface area is 105 Å². The second-order valence-electron chi connectivity index (χ2n) is 5.64. The number of carbonyl (C=O) groups excluding carboxylic acids is 1. The summed E-state index contributed by atoms with van der Waals surface area (Å²) in [4.78, 5) is 12.0.